The maximum atomic E-state index is 13.4. The van der Waals surface area contributed by atoms with Gasteiger partial charge in [0.2, 0.25) is 0 Å². The Hall–Kier alpha value is -3.56. The van der Waals surface area contributed by atoms with Crippen molar-refractivity contribution in [2.45, 2.75) is 27.7 Å². The molecule has 0 saturated heterocycles. The van der Waals surface area contributed by atoms with Crippen LogP contribution in [0.5, 0.6) is 0 Å². The lowest BCUT2D eigenvalue weighted by molar-refractivity contribution is 0.0618. The van der Waals surface area contributed by atoms with Crippen LogP contribution in [0.2, 0.25) is 0 Å². The highest BCUT2D eigenvalue weighted by Crippen LogP contribution is 2.29. The topological polar surface area (TPSA) is 74.8 Å². The van der Waals surface area contributed by atoms with Gasteiger partial charge < -0.3 is 0 Å². The second-order valence-electron chi connectivity index (χ2n) is 8.79. The zero-order chi connectivity index (χ0) is 25.5. The molecule has 2 aromatic carbocycles. The maximum Gasteiger partial charge on any atom is 0.264 e. The van der Waals surface area contributed by atoms with Crippen molar-refractivity contribution >= 4 is 23.6 Å². The van der Waals surface area contributed by atoms with Crippen LogP contribution in [0.3, 0.4) is 0 Å². The molecular formula is C24H22F4N2O4. The molecule has 4 amide bonds. The molecular weight excluding hydrogens is 456 g/mol. The van der Waals surface area contributed by atoms with Crippen LogP contribution >= 0.6 is 0 Å². The summed E-state index contributed by atoms with van der Waals surface area (Å²) in [4.78, 5) is 49.0. The molecule has 10 heteroatoms. The van der Waals surface area contributed by atoms with Gasteiger partial charge in [-0.15, -0.1) is 0 Å². The molecule has 34 heavy (non-hydrogen) atoms. The molecule has 2 aliphatic heterocycles. The number of imide groups is 2. The van der Waals surface area contributed by atoms with Gasteiger partial charge >= 0.3 is 0 Å². The third kappa shape index (κ3) is 4.32. The van der Waals surface area contributed by atoms with Gasteiger partial charge in [-0.25, -0.2) is 17.6 Å². The molecule has 2 heterocycles. The summed E-state index contributed by atoms with van der Waals surface area (Å²) in [5.74, 6) is -6.35. The normalized spacial score (nSPS) is 14.8. The summed E-state index contributed by atoms with van der Waals surface area (Å²) in [6, 6.07) is 3.44. The Labute approximate surface area is 193 Å². The number of hydrogen-bond acceptors (Lipinski definition) is 4. The minimum atomic E-state index is -0.856. The lowest BCUT2D eigenvalue weighted by atomic mass is 10.1. The first-order chi connectivity index (χ1) is 15.9. The molecule has 0 N–H and O–H groups in total. The SMILES string of the molecule is CC(C)CN1C(=O)c2c(F)ccc(F)c2C1=O.CC(C)CN1C(=O)c2c(F)ccc(F)c2C1=O. The lowest BCUT2D eigenvalue weighted by Crippen LogP contribution is -2.33. The van der Waals surface area contributed by atoms with Crippen LogP contribution in [-0.4, -0.2) is 46.5 Å². The molecule has 0 fully saturated rings. The number of amides is 4. The van der Waals surface area contributed by atoms with E-state index in [1.54, 1.807) is 0 Å². The average Bonchev–Trinajstić information content (AvgIpc) is 3.15. The van der Waals surface area contributed by atoms with E-state index in [-0.39, 0.29) is 24.9 Å². The number of hydrogen-bond donors (Lipinski definition) is 0. The summed E-state index contributed by atoms with van der Waals surface area (Å²) in [7, 11) is 0. The van der Waals surface area contributed by atoms with E-state index in [0.29, 0.717) is 0 Å². The molecule has 0 atom stereocenters. The standard InChI is InChI=1S/2C12H11F2NO2/c2*1-6(2)5-15-11(16)9-7(13)3-4-8(14)10(9)12(15)17/h2*3-4,6H,5H2,1-2H3. The van der Waals surface area contributed by atoms with Crippen molar-refractivity contribution in [3.8, 4) is 0 Å². The first kappa shape index (κ1) is 25.1. The molecule has 0 saturated carbocycles. The number of nitrogens with zero attached hydrogens (tertiary/aromatic N) is 2. The van der Waals surface area contributed by atoms with E-state index < -0.39 is 69.2 Å². The van der Waals surface area contributed by atoms with Crippen LogP contribution in [0.15, 0.2) is 24.3 Å². The zero-order valence-corrected chi connectivity index (χ0v) is 18.9. The largest absolute Gasteiger partial charge is 0.274 e. The van der Waals surface area contributed by atoms with Gasteiger partial charge in [0.15, 0.2) is 0 Å². The molecule has 180 valence electrons. The minimum Gasteiger partial charge on any atom is -0.274 e. The number of carbonyl (C=O) groups is 4. The highest BCUT2D eigenvalue weighted by molar-refractivity contribution is 6.22. The monoisotopic (exact) mass is 478 g/mol. The van der Waals surface area contributed by atoms with E-state index in [1.165, 1.54) is 0 Å². The Bertz CT molecular complexity index is 1030. The Morgan fingerprint density at radius 2 is 0.735 bits per heavy atom. The smallest absolute Gasteiger partial charge is 0.264 e. The van der Waals surface area contributed by atoms with E-state index in [4.69, 9.17) is 0 Å². The van der Waals surface area contributed by atoms with E-state index in [2.05, 4.69) is 0 Å². The Kier molecular flexibility index (Phi) is 6.90. The van der Waals surface area contributed by atoms with Crippen LogP contribution in [0.1, 0.15) is 69.1 Å². The van der Waals surface area contributed by atoms with Crippen LogP contribution in [0.4, 0.5) is 17.6 Å². The third-order valence-electron chi connectivity index (χ3n) is 5.14. The summed E-state index contributed by atoms with van der Waals surface area (Å²) in [5, 5.41) is 0. The minimum absolute atomic E-state index is 0.0448. The van der Waals surface area contributed by atoms with Gasteiger partial charge in [-0.2, -0.15) is 0 Å². The lowest BCUT2D eigenvalue weighted by Gasteiger charge is -2.15. The summed E-state index contributed by atoms with van der Waals surface area (Å²) >= 11 is 0. The van der Waals surface area contributed by atoms with Gasteiger partial charge in [0.1, 0.15) is 23.3 Å². The number of benzene rings is 2. The van der Waals surface area contributed by atoms with E-state index in [0.717, 1.165) is 34.1 Å². The van der Waals surface area contributed by atoms with Crippen molar-refractivity contribution in [2.24, 2.45) is 11.8 Å². The third-order valence-corrected chi connectivity index (χ3v) is 5.14. The first-order valence-corrected chi connectivity index (χ1v) is 10.5. The summed E-state index contributed by atoms with van der Waals surface area (Å²) < 4.78 is 53.8. The second-order valence-corrected chi connectivity index (χ2v) is 8.79. The van der Waals surface area contributed by atoms with Crippen LogP contribution in [-0.2, 0) is 0 Å². The van der Waals surface area contributed by atoms with Crippen molar-refractivity contribution in [2.75, 3.05) is 13.1 Å². The molecule has 0 unspecified atom stereocenters. The fourth-order valence-corrected chi connectivity index (χ4v) is 3.73. The quantitative estimate of drug-likeness (QED) is 0.481. The van der Waals surface area contributed by atoms with Gasteiger partial charge in [0, 0.05) is 13.1 Å². The number of rotatable bonds is 4. The molecule has 0 aliphatic carbocycles. The first-order valence-electron chi connectivity index (χ1n) is 10.5. The van der Waals surface area contributed by atoms with Crippen molar-refractivity contribution < 1.29 is 36.7 Å². The molecule has 6 nitrogen and oxygen atoms in total. The zero-order valence-electron chi connectivity index (χ0n) is 18.9. The Morgan fingerprint density at radius 3 is 0.912 bits per heavy atom. The molecule has 0 spiro atoms. The number of carbonyl (C=O) groups excluding carboxylic acids is 4. The van der Waals surface area contributed by atoms with Gasteiger partial charge in [-0.05, 0) is 36.1 Å². The van der Waals surface area contributed by atoms with E-state index in [1.807, 2.05) is 27.7 Å². The average molecular weight is 478 g/mol. The van der Waals surface area contributed by atoms with E-state index in [9.17, 15) is 36.7 Å². The van der Waals surface area contributed by atoms with Crippen LogP contribution in [0, 0.1) is 35.1 Å². The Balaban J connectivity index is 0.000000191. The van der Waals surface area contributed by atoms with Crippen molar-refractivity contribution in [1.29, 1.82) is 0 Å². The molecule has 4 rings (SSSR count). The molecule has 0 aromatic heterocycles. The fraction of sp³-hybridized carbons (Fsp3) is 0.333. The van der Waals surface area contributed by atoms with Gasteiger partial charge in [0.25, 0.3) is 23.6 Å². The number of halogens is 4. The predicted molar refractivity (Wildman–Crippen MR) is 113 cm³/mol. The van der Waals surface area contributed by atoms with Crippen LogP contribution in [0.25, 0.3) is 0 Å². The van der Waals surface area contributed by atoms with Gasteiger partial charge in [-0.3, -0.25) is 29.0 Å². The highest BCUT2D eigenvalue weighted by atomic mass is 19.1. The number of fused-ring (bicyclic) bond motifs is 2. The van der Waals surface area contributed by atoms with Crippen LogP contribution < -0.4 is 0 Å². The van der Waals surface area contributed by atoms with E-state index >= 15 is 0 Å². The summed E-state index contributed by atoms with van der Waals surface area (Å²) in [6.07, 6.45) is 0. The van der Waals surface area contributed by atoms with Crippen molar-refractivity contribution in [3.05, 3.63) is 69.8 Å². The van der Waals surface area contributed by atoms with Gasteiger partial charge in [-0.1, -0.05) is 27.7 Å². The predicted octanol–water partition coefficient (Wildman–Crippen LogP) is 4.43. The molecule has 2 aliphatic rings. The van der Waals surface area contributed by atoms with Gasteiger partial charge in [0.05, 0.1) is 22.3 Å². The maximum absolute atomic E-state index is 13.4. The van der Waals surface area contributed by atoms with Crippen molar-refractivity contribution in [3.63, 3.8) is 0 Å². The molecule has 2 aromatic rings. The van der Waals surface area contributed by atoms with Crippen molar-refractivity contribution in [1.82, 2.24) is 9.80 Å². The fourth-order valence-electron chi connectivity index (χ4n) is 3.73. The second kappa shape index (κ2) is 9.36. The highest BCUT2D eigenvalue weighted by Gasteiger charge is 2.41. The summed E-state index contributed by atoms with van der Waals surface area (Å²) in [6.45, 7) is 7.58. The molecule has 0 radical (unpaired) electrons. The Morgan fingerprint density at radius 1 is 0.529 bits per heavy atom. The molecule has 0 bridgehead atoms. The summed E-state index contributed by atoms with van der Waals surface area (Å²) in [5.41, 5.74) is -1.79.